The monoisotopic (exact) mass is 519 g/mol. The number of methoxy groups -OCH3 is 1. The molecule has 0 unspecified atom stereocenters. The molecule has 1 aromatic carbocycles. The summed E-state index contributed by atoms with van der Waals surface area (Å²) in [5, 5.41) is 12.9. The Morgan fingerprint density at radius 1 is 1.26 bits per heavy atom. The van der Waals surface area contributed by atoms with Crippen molar-refractivity contribution in [3.05, 3.63) is 61.2 Å². The first kappa shape index (κ1) is 26.8. The molecule has 3 aromatic rings. The van der Waals surface area contributed by atoms with Gasteiger partial charge in [-0.2, -0.15) is 0 Å². The van der Waals surface area contributed by atoms with Crippen LogP contribution >= 0.6 is 0 Å². The van der Waals surface area contributed by atoms with Crippen LogP contribution in [0.4, 0.5) is 6.01 Å². The summed E-state index contributed by atoms with van der Waals surface area (Å²) in [6.45, 7) is 11.5. The third kappa shape index (κ3) is 5.85. The smallest absolute Gasteiger partial charge is 0.328 e. The lowest BCUT2D eigenvalue weighted by atomic mass is 10.0. The summed E-state index contributed by atoms with van der Waals surface area (Å²) in [5.41, 5.74) is 0.936. The van der Waals surface area contributed by atoms with Gasteiger partial charge < -0.3 is 24.1 Å². The van der Waals surface area contributed by atoms with Crippen molar-refractivity contribution >= 4 is 34.7 Å². The van der Waals surface area contributed by atoms with E-state index in [1.165, 1.54) is 12.0 Å². The van der Waals surface area contributed by atoms with E-state index in [1.54, 1.807) is 18.3 Å². The molecule has 3 heterocycles. The number of fused-ring (bicyclic) bond motifs is 1. The minimum Gasteiger partial charge on any atom is -0.472 e. The summed E-state index contributed by atoms with van der Waals surface area (Å²) in [6.07, 6.45) is 6.26. The fraction of sp³-hybridized carbons (Fsp3) is 0.393. The highest BCUT2D eigenvalue weighted by Crippen LogP contribution is 2.30. The van der Waals surface area contributed by atoms with E-state index >= 15 is 0 Å². The summed E-state index contributed by atoms with van der Waals surface area (Å²) in [4.78, 5) is 32.4. The standard InChI is InChI=1S/C28H33N5O5/c1-6-8-9-23-31-32-28(38-23)30-24(17(3)4)26(34)33-16-20(15-22(33)27(35)36-5)37-25-21-14-18(7-2)10-11-19(21)12-13-29-25/h6-7,10-14,17,20,22,24H,1-2,8-9,15-16H2,3-5H3,(H,30,32)/t20-,22+,24+/m1/s1. The summed E-state index contributed by atoms with van der Waals surface area (Å²) in [7, 11) is 1.31. The number of aryl methyl sites for hydroxylation is 1. The molecule has 200 valence electrons. The van der Waals surface area contributed by atoms with Crippen LogP contribution in [-0.2, 0) is 20.7 Å². The van der Waals surface area contributed by atoms with Gasteiger partial charge in [0.05, 0.1) is 13.7 Å². The number of amides is 1. The minimum absolute atomic E-state index is 0.138. The number of benzene rings is 1. The molecule has 1 amide bonds. The fourth-order valence-corrected chi connectivity index (χ4v) is 4.49. The number of hydrogen-bond donors (Lipinski definition) is 1. The van der Waals surface area contributed by atoms with Crippen LogP contribution in [0.1, 0.15) is 38.1 Å². The van der Waals surface area contributed by atoms with Crippen LogP contribution in [-0.4, -0.2) is 63.8 Å². The molecule has 38 heavy (non-hydrogen) atoms. The van der Waals surface area contributed by atoms with E-state index in [9.17, 15) is 9.59 Å². The number of nitrogens with zero attached hydrogens (tertiary/aromatic N) is 4. The molecule has 1 saturated heterocycles. The van der Waals surface area contributed by atoms with Gasteiger partial charge in [0.25, 0.3) is 0 Å². The van der Waals surface area contributed by atoms with E-state index < -0.39 is 24.2 Å². The van der Waals surface area contributed by atoms with Crippen LogP contribution in [0.5, 0.6) is 5.88 Å². The Morgan fingerprint density at radius 3 is 2.79 bits per heavy atom. The summed E-state index contributed by atoms with van der Waals surface area (Å²) in [6, 6.07) is 6.43. The zero-order valence-corrected chi connectivity index (χ0v) is 21.9. The van der Waals surface area contributed by atoms with Crippen molar-refractivity contribution < 1.29 is 23.5 Å². The lowest BCUT2D eigenvalue weighted by Crippen LogP contribution is -2.50. The highest BCUT2D eigenvalue weighted by Gasteiger charge is 2.44. The highest BCUT2D eigenvalue weighted by molar-refractivity contribution is 5.90. The molecule has 1 aliphatic rings. The Labute approximate surface area is 221 Å². The molecule has 4 rings (SSSR count). The third-order valence-electron chi connectivity index (χ3n) is 6.53. The normalized spacial score (nSPS) is 17.8. The SMILES string of the molecule is C=CCCc1nnc(N[C@H](C(=O)N2C[C@H](Oc3nccc4ccc(C=C)cc34)C[C@H]2C(=O)OC)C(C)C)o1. The second-order valence-electron chi connectivity index (χ2n) is 9.50. The van der Waals surface area contributed by atoms with E-state index in [1.807, 2.05) is 38.1 Å². The molecule has 0 spiro atoms. The first-order valence-corrected chi connectivity index (χ1v) is 12.6. The molecule has 10 heteroatoms. The van der Waals surface area contributed by atoms with Crippen molar-refractivity contribution in [3.8, 4) is 5.88 Å². The maximum absolute atomic E-state index is 13.8. The highest BCUT2D eigenvalue weighted by atomic mass is 16.5. The number of esters is 1. The number of likely N-dealkylation sites (tertiary alicyclic amines) is 1. The van der Waals surface area contributed by atoms with E-state index in [4.69, 9.17) is 13.9 Å². The van der Waals surface area contributed by atoms with Crippen LogP contribution in [0.15, 0.2) is 54.1 Å². The summed E-state index contributed by atoms with van der Waals surface area (Å²) < 4.78 is 17.0. The van der Waals surface area contributed by atoms with Gasteiger partial charge in [-0.1, -0.05) is 49.8 Å². The van der Waals surface area contributed by atoms with E-state index in [0.717, 1.165) is 16.3 Å². The number of anilines is 1. The lowest BCUT2D eigenvalue weighted by Gasteiger charge is -2.29. The molecule has 1 aliphatic heterocycles. The average Bonchev–Trinajstić information content (AvgIpc) is 3.56. The van der Waals surface area contributed by atoms with Crippen molar-refractivity contribution in [2.45, 2.75) is 51.3 Å². The fourth-order valence-electron chi connectivity index (χ4n) is 4.49. The van der Waals surface area contributed by atoms with Crippen molar-refractivity contribution in [1.29, 1.82) is 0 Å². The first-order chi connectivity index (χ1) is 18.3. The molecular formula is C28H33N5O5. The van der Waals surface area contributed by atoms with Gasteiger partial charge in [0.1, 0.15) is 18.2 Å². The van der Waals surface area contributed by atoms with E-state index in [-0.39, 0.29) is 30.8 Å². The van der Waals surface area contributed by atoms with Crippen molar-refractivity contribution in [2.75, 3.05) is 19.0 Å². The van der Waals surface area contributed by atoms with Crippen LogP contribution in [0.25, 0.3) is 16.8 Å². The second-order valence-corrected chi connectivity index (χ2v) is 9.50. The minimum atomic E-state index is -0.801. The molecule has 2 aromatic heterocycles. The lowest BCUT2D eigenvalue weighted by molar-refractivity contribution is -0.151. The van der Waals surface area contributed by atoms with Crippen molar-refractivity contribution in [2.24, 2.45) is 5.92 Å². The van der Waals surface area contributed by atoms with Gasteiger partial charge in [-0.3, -0.25) is 4.79 Å². The Morgan fingerprint density at radius 2 is 2.08 bits per heavy atom. The third-order valence-corrected chi connectivity index (χ3v) is 6.53. The number of allylic oxidation sites excluding steroid dienone is 1. The zero-order chi connectivity index (χ0) is 27.2. The zero-order valence-electron chi connectivity index (χ0n) is 21.9. The van der Waals surface area contributed by atoms with Crippen LogP contribution < -0.4 is 10.1 Å². The van der Waals surface area contributed by atoms with Gasteiger partial charge in [0.15, 0.2) is 0 Å². The largest absolute Gasteiger partial charge is 0.472 e. The van der Waals surface area contributed by atoms with E-state index in [0.29, 0.717) is 24.6 Å². The van der Waals surface area contributed by atoms with Crippen LogP contribution in [0.2, 0.25) is 0 Å². The number of ether oxygens (including phenoxy) is 2. The van der Waals surface area contributed by atoms with Crippen molar-refractivity contribution in [3.63, 3.8) is 0 Å². The van der Waals surface area contributed by atoms with Gasteiger partial charge in [0.2, 0.25) is 17.7 Å². The van der Waals surface area contributed by atoms with Crippen LogP contribution in [0, 0.1) is 5.92 Å². The molecule has 0 saturated carbocycles. The van der Waals surface area contributed by atoms with Crippen molar-refractivity contribution in [1.82, 2.24) is 20.1 Å². The summed E-state index contributed by atoms with van der Waals surface area (Å²) >= 11 is 0. The molecule has 1 N–H and O–H groups in total. The molecule has 0 radical (unpaired) electrons. The Hall–Kier alpha value is -4.21. The maximum Gasteiger partial charge on any atom is 0.328 e. The number of rotatable bonds is 11. The van der Waals surface area contributed by atoms with Crippen LogP contribution in [0.3, 0.4) is 0 Å². The van der Waals surface area contributed by atoms with Gasteiger partial charge in [-0.25, -0.2) is 9.78 Å². The predicted molar refractivity (Wildman–Crippen MR) is 143 cm³/mol. The average molecular weight is 520 g/mol. The van der Waals surface area contributed by atoms with Gasteiger partial charge in [-0.15, -0.1) is 11.7 Å². The quantitative estimate of drug-likeness (QED) is 0.296. The molecule has 1 fully saturated rings. The molecule has 10 nitrogen and oxygen atoms in total. The van der Waals surface area contributed by atoms with Gasteiger partial charge in [-0.05, 0) is 35.4 Å². The van der Waals surface area contributed by atoms with Gasteiger partial charge >= 0.3 is 12.0 Å². The first-order valence-electron chi connectivity index (χ1n) is 12.6. The number of nitrogens with one attached hydrogen (secondary N) is 1. The van der Waals surface area contributed by atoms with E-state index in [2.05, 4.69) is 33.7 Å². The topological polar surface area (TPSA) is 120 Å². The Bertz CT molecular complexity index is 1320. The number of carbonyl (C=O) groups is 2. The number of carbonyl (C=O) groups excluding carboxylic acids is 2. The molecule has 0 aliphatic carbocycles. The number of pyridine rings is 1. The Balaban J connectivity index is 1.55. The number of hydrogen-bond acceptors (Lipinski definition) is 9. The maximum atomic E-state index is 13.8. The second kappa shape index (κ2) is 11.9. The Kier molecular flexibility index (Phi) is 8.40. The molecule has 3 atom stereocenters. The molecular weight excluding hydrogens is 486 g/mol. The van der Waals surface area contributed by atoms with Gasteiger partial charge in [0, 0.05) is 24.4 Å². The number of aromatic nitrogens is 3. The predicted octanol–water partition coefficient (Wildman–Crippen LogP) is 4.04. The molecule has 0 bridgehead atoms. The summed E-state index contributed by atoms with van der Waals surface area (Å²) in [5.74, 6) is -0.0398.